The Bertz CT molecular complexity index is 431. The van der Waals surface area contributed by atoms with Gasteiger partial charge in [-0.05, 0) is 34.1 Å². The molecule has 0 aromatic carbocycles. The third-order valence-electron chi connectivity index (χ3n) is 4.84. The van der Waals surface area contributed by atoms with E-state index in [1.807, 2.05) is 27.7 Å². The van der Waals surface area contributed by atoms with E-state index in [1.165, 1.54) is 38.5 Å². The molecular weight excluding hydrogens is 316 g/mol. The van der Waals surface area contributed by atoms with Gasteiger partial charge < -0.3 is 10.1 Å². The first-order chi connectivity index (χ1) is 11.7. The van der Waals surface area contributed by atoms with Gasteiger partial charge in [-0.2, -0.15) is 0 Å². The summed E-state index contributed by atoms with van der Waals surface area (Å²) in [6, 6.07) is 0. The Hall–Kier alpha value is -1.26. The van der Waals surface area contributed by atoms with Crippen LogP contribution >= 0.6 is 0 Å². The van der Waals surface area contributed by atoms with Crippen molar-refractivity contribution in [1.29, 1.82) is 0 Å². The molecule has 1 unspecified atom stereocenters. The third kappa shape index (κ3) is 7.25. The summed E-state index contributed by atoms with van der Waals surface area (Å²) in [6.45, 7) is 10.7. The van der Waals surface area contributed by atoms with Gasteiger partial charge in [0.2, 0.25) is 5.91 Å². The molecular formula is C20H38N2O3. The molecule has 2 amide bonds. The summed E-state index contributed by atoms with van der Waals surface area (Å²) in [7, 11) is 0. The van der Waals surface area contributed by atoms with Crippen molar-refractivity contribution in [3.63, 3.8) is 0 Å². The van der Waals surface area contributed by atoms with Crippen LogP contribution in [0.1, 0.15) is 92.4 Å². The number of amides is 2. The molecule has 1 fully saturated rings. The molecule has 0 aromatic rings. The maximum atomic E-state index is 12.5. The van der Waals surface area contributed by atoms with Gasteiger partial charge >= 0.3 is 6.09 Å². The zero-order valence-corrected chi connectivity index (χ0v) is 17.0. The Morgan fingerprint density at radius 1 is 1.12 bits per heavy atom. The Labute approximate surface area is 153 Å². The molecule has 1 saturated heterocycles. The fourth-order valence-corrected chi connectivity index (χ4v) is 3.30. The van der Waals surface area contributed by atoms with Crippen LogP contribution in [-0.2, 0) is 9.53 Å². The standard InChI is InChI=1S/C20H38N2O3/c1-6-7-8-9-10-11-12-13-14-20(5)17(23)21-15-16-22(20)18(24)25-19(2,3)4/h6-16H2,1-5H3,(H,21,23). The van der Waals surface area contributed by atoms with Crippen molar-refractivity contribution in [2.24, 2.45) is 0 Å². The molecule has 146 valence electrons. The number of carbonyl (C=O) groups excluding carboxylic acids is 2. The van der Waals surface area contributed by atoms with Crippen LogP contribution in [0.15, 0.2) is 0 Å². The van der Waals surface area contributed by atoms with Crippen molar-refractivity contribution in [3.8, 4) is 0 Å². The number of carbonyl (C=O) groups is 2. The van der Waals surface area contributed by atoms with Gasteiger partial charge in [0.1, 0.15) is 11.1 Å². The quantitative estimate of drug-likeness (QED) is 0.614. The molecule has 1 aliphatic rings. The van der Waals surface area contributed by atoms with Gasteiger partial charge in [0.15, 0.2) is 0 Å². The second kappa shape index (κ2) is 10.0. The van der Waals surface area contributed by atoms with Gasteiger partial charge in [0.25, 0.3) is 0 Å². The van der Waals surface area contributed by atoms with Crippen LogP contribution in [0.25, 0.3) is 0 Å². The summed E-state index contributed by atoms with van der Waals surface area (Å²) >= 11 is 0. The highest BCUT2D eigenvalue weighted by Gasteiger charge is 2.45. The smallest absolute Gasteiger partial charge is 0.411 e. The van der Waals surface area contributed by atoms with Gasteiger partial charge in [0.05, 0.1) is 0 Å². The number of nitrogens with one attached hydrogen (secondary N) is 1. The Morgan fingerprint density at radius 3 is 2.24 bits per heavy atom. The molecule has 1 atom stereocenters. The predicted molar refractivity (Wildman–Crippen MR) is 102 cm³/mol. The second-order valence-corrected chi connectivity index (χ2v) is 8.39. The minimum atomic E-state index is -0.803. The fraction of sp³-hybridized carbons (Fsp3) is 0.900. The number of rotatable bonds is 9. The average Bonchev–Trinajstić information content (AvgIpc) is 2.51. The minimum Gasteiger partial charge on any atom is -0.444 e. The highest BCUT2D eigenvalue weighted by molar-refractivity contribution is 5.90. The summed E-state index contributed by atoms with van der Waals surface area (Å²) in [5.74, 6) is -0.0624. The molecule has 0 radical (unpaired) electrons. The molecule has 0 saturated carbocycles. The molecule has 1 N–H and O–H groups in total. The lowest BCUT2D eigenvalue weighted by molar-refractivity contribution is -0.136. The van der Waals surface area contributed by atoms with E-state index in [4.69, 9.17) is 4.74 Å². The molecule has 5 nitrogen and oxygen atoms in total. The zero-order valence-electron chi connectivity index (χ0n) is 17.0. The maximum Gasteiger partial charge on any atom is 0.411 e. The first-order valence-corrected chi connectivity index (χ1v) is 9.99. The Morgan fingerprint density at radius 2 is 1.68 bits per heavy atom. The highest BCUT2D eigenvalue weighted by atomic mass is 16.6. The van der Waals surface area contributed by atoms with E-state index in [0.717, 1.165) is 12.8 Å². The highest BCUT2D eigenvalue weighted by Crippen LogP contribution is 2.27. The van der Waals surface area contributed by atoms with E-state index in [0.29, 0.717) is 19.5 Å². The third-order valence-corrected chi connectivity index (χ3v) is 4.84. The molecule has 0 aliphatic carbocycles. The Balaban J connectivity index is 2.50. The van der Waals surface area contributed by atoms with Crippen LogP contribution in [0, 0.1) is 0 Å². The van der Waals surface area contributed by atoms with Crippen LogP contribution in [-0.4, -0.2) is 41.1 Å². The first kappa shape index (κ1) is 21.8. The summed E-state index contributed by atoms with van der Waals surface area (Å²) < 4.78 is 5.51. The van der Waals surface area contributed by atoms with Crippen molar-refractivity contribution >= 4 is 12.0 Å². The predicted octanol–water partition coefficient (Wildman–Crippen LogP) is 4.64. The lowest BCUT2D eigenvalue weighted by atomic mass is 9.89. The largest absolute Gasteiger partial charge is 0.444 e. The lowest BCUT2D eigenvalue weighted by Crippen LogP contribution is -2.65. The molecule has 1 aliphatic heterocycles. The topological polar surface area (TPSA) is 58.6 Å². The van der Waals surface area contributed by atoms with E-state index in [-0.39, 0.29) is 12.0 Å². The molecule has 0 aromatic heterocycles. The second-order valence-electron chi connectivity index (χ2n) is 8.39. The summed E-state index contributed by atoms with van der Waals surface area (Å²) in [5.41, 5.74) is -1.35. The normalized spacial score (nSPS) is 21.2. The first-order valence-electron chi connectivity index (χ1n) is 9.99. The molecule has 1 rings (SSSR count). The van der Waals surface area contributed by atoms with E-state index < -0.39 is 11.1 Å². The van der Waals surface area contributed by atoms with Crippen LogP contribution in [0.2, 0.25) is 0 Å². The Kier molecular flexibility index (Phi) is 8.74. The van der Waals surface area contributed by atoms with Crippen LogP contribution in [0.4, 0.5) is 4.79 Å². The number of nitrogens with zero attached hydrogens (tertiary/aromatic N) is 1. The SMILES string of the molecule is CCCCCCCCCCC1(C)C(=O)NCCN1C(=O)OC(C)(C)C. The maximum absolute atomic E-state index is 12.5. The van der Waals surface area contributed by atoms with Gasteiger partial charge in [-0.1, -0.05) is 58.3 Å². The number of hydrogen-bond donors (Lipinski definition) is 1. The van der Waals surface area contributed by atoms with Crippen molar-refractivity contribution < 1.29 is 14.3 Å². The zero-order chi connectivity index (χ0) is 18.9. The number of hydrogen-bond acceptors (Lipinski definition) is 3. The minimum absolute atomic E-state index is 0.0624. The molecule has 25 heavy (non-hydrogen) atoms. The van der Waals surface area contributed by atoms with E-state index >= 15 is 0 Å². The van der Waals surface area contributed by atoms with E-state index in [9.17, 15) is 9.59 Å². The van der Waals surface area contributed by atoms with E-state index in [2.05, 4.69) is 12.2 Å². The fourth-order valence-electron chi connectivity index (χ4n) is 3.30. The summed E-state index contributed by atoms with van der Waals surface area (Å²) in [6.07, 6.45) is 10.0. The summed E-state index contributed by atoms with van der Waals surface area (Å²) in [5, 5.41) is 2.91. The van der Waals surface area contributed by atoms with Crippen molar-refractivity contribution in [2.75, 3.05) is 13.1 Å². The number of ether oxygens (including phenoxy) is 1. The number of piperazine rings is 1. The van der Waals surface area contributed by atoms with Gasteiger partial charge in [-0.3, -0.25) is 9.69 Å². The molecule has 0 spiro atoms. The monoisotopic (exact) mass is 354 g/mol. The van der Waals surface area contributed by atoms with Crippen LogP contribution < -0.4 is 5.32 Å². The van der Waals surface area contributed by atoms with Crippen molar-refractivity contribution in [2.45, 2.75) is 104 Å². The van der Waals surface area contributed by atoms with Gasteiger partial charge in [-0.25, -0.2) is 4.79 Å². The van der Waals surface area contributed by atoms with Crippen molar-refractivity contribution in [3.05, 3.63) is 0 Å². The van der Waals surface area contributed by atoms with Crippen LogP contribution in [0.5, 0.6) is 0 Å². The molecule has 5 heteroatoms. The van der Waals surface area contributed by atoms with Gasteiger partial charge in [0, 0.05) is 13.1 Å². The molecule has 1 heterocycles. The lowest BCUT2D eigenvalue weighted by Gasteiger charge is -2.43. The molecule has 0 bridgehead atoms. The van der Waals surface area contributed by atoms with Crippen LogP contribution in [0.3, 0.4) is 0 Å². The van der Waals surface area contributed by atoms with Crippen molar-refractivity contribution in [1.82, 2.24) is 10.2 Å². The summed E-state index contributed by atoms with van der Waals surface area (Å²) in [4.78, 5) is 26.6. The number of unbranched alkanes of at least 4 members (excludes halogenated alkanes) is 7. The average molecular weight is 355 g/mol. The van der Waals surface area contributed by atoms with Gasteiger partial charge in [-0.15, -0.1) is 0 Å². The van der Waals surface area contributed by atoms with E-state index in [1.54, 1.807) is 4.90 Å².